The molecule has 1 saturated carbocycles. The van der Waals surface area contributed by atoms with Crippen LogP contribution < -0.4 is 5.32 Å². The first-order chi connectivity index (χ1) is 7.69. The number of aromatic nitrogens is 2. The molecule has 0 aliphatic heterocycles. The van der Waals surface area contributed by atoms with Crippen LogP contribution in [-0.4, -0.2) is 28.7 Å². The van der Waals surface area contributed by atoms with Gasteiger partial charge in [-0.2, -0.15) is 4.98 Å². The van der Waals surface area contributed by atoms with E-state index < -0.39 is 0 Å². The highest BCUT2D eigenvalue weighted by Gasteiger charge is 2.30. The zero-order valence-corrected chi connectivity index (χ0v) is 11.3. The standard InChI is InChI=1S/C10H13BrClN3O/c1-2-16-7-3-6(4-7)14-9-8(11)5-13-10(12)15-9/h5-7H,2-4H2,1H3,(H,13,14,15). The predicted molar refractivity (Wildman–Crippen MR) is 66.8 cm³/mol. The summed E-state index contributed by atoms with van der Waals surface area (Å²) in [7, 11) is 0. The van der Waals surface area contributed by atoms with Gasteiger partial charge in [0.15, 0.2) is 0 Å². The molecule has 0 spiro atoms. The lowest BCUT2D eigenvalue weighted by Gasteiger charge is -2.35. The molecule has 1 N–H and O–H groups in total. The summed E-state index contributed by atoms with van der Waals surface area (Å²) in [6, 6.07) is 0.416. The van der Waals surface area contributed by atoms with E-state index in [1.807, 2.05) is 6.92 Å². The fourth-order valence-corrected chi connectivity index (χ4v) is 2.13. The fourth-order valence-electron chi connectivity index (χ4n) is 1.70. The average Bonchev–Trinajstić information content (AvgIpc) is 2.20. The Hall–Kier alpha value is -0.390. The third-order valence-electron chi connectivity index (χ3n) is 2.55. The number of hydrogen-bond acceptors (Lipinski definition) is 4. The second kappa shape index (κ2) is 5.29. The lowest BCUT2D eigenvalue weighted by molar-refractivity contribution is 0.00291. The van der Waals surface area contributed by atoms with Crippen LogP contribution in [0.15, 0.2) is 10.7 Å². The van der Waals surface area contributed by atoms with Crippen LogP contribution in [0.25, 0.3) is 0 Å². The van der Waals surface area contributed by atoms with Gasteiger partial charge in [0, 0.05) is 18.8 Å². The Labute approximate surface area is 108 Å². The highest BCUT2D eigenvalue weighted by Crippen LogP contribution is 2.29. The molecule has 4 nitrogen and oxygen atoms in total. The van der Waals surface area contributed by atoms with Gasteiger partial charge in [0.05, 0.1) is 10.6 Å². The van der Waals surface area contributed by atoms with E-state index in [-0.39, 0.29) is 5.28 Å². The lowest BCUT2D eigenvalue weighted by Crippen LogP contribution is -2.41. The first kappa shape index (κ1) is 12.1. The van der Waals surface area contributed by atoms with E-state index >= 15 is 0 Å². The maximum atomic E-state index is 5.73. The molecule has 16 heavy (non-hydrogen) atoms. The summed E-state index contributed by atoms with van der Waals surface area (Å²) in [5.41, 5.74) is 0. The molecule has 6 heteroatoms. The van der Waals surface area contributed by atoms with Crippen molar-refractivity contribution in [3.8, 4) is 0 Å². The SMILES string of the molecule is CCOC1CC(Nc2nc(Cl)ncc2Br)C1. The molecule has 1 aromatic heterocycles. The molecule has 1 aliphatic carbocycles. The first-order valence-corrected chi connectivity index (χ1v) is 6.42. The molecule has 88 valence electrons. The number of anilines is 1. The number of ether oxygens (including phenoxy) is 1. The minimum atomic E-state index is 0.256. The van der Waals surface area contributed by atoms with E-state index in [0.29, 0.717) is 12.1 Å². The van der Waals surface area contributed by atoms with Crippen LogP contribution in [0.3, 0.4) is 0 Å². The second-order valence-electron chi connectivity index (χ2n) is 3.73. The van der Waals surface area contributed by atoms with Crippen molar-refractivity contribution >= 4 is 33.3 Å². The van der Waals surface area contributed by atoms with E-state index in [1.165, 1.54) is 0 Å². The molecular weight excluding hydrogens is 293 g/mol. The van der Waals surface area contributed by atoms with Gasteiger partial charge in [-0.1, -0.05) is 0 Å². The van der Waals surface area contributed by atoms with Crippen molar-refractivity contribution in [2.24, 2.45) is 0 Å². The van der Waals surface area contributed by atoms with Gasteiger partial charge in [0.1, 0.15) is 5.82 Å². The molecule has 0 atom stereocenters. The van der Waals surface area contributed by atoms with Gasteiger partial charge in [0.2, 0.25) is 5.28 Å². The highest BCUT2D eigenvalue weighted by molar-refractivity contribution is 9.10. The molecular formula is C10H13BrClN3O. The number of nitrogens with one attached hydrogen (secondary N) is 1. The molecule has 0 unspecified atom stereocenters. The van der Waals surface area contributed by atoms with Gasteiger partial charge >= 0.3 is 0 Å². The largest absolute Gasteiger partial charge is 0.378 e. The van der Waals surface area contributed by atoms with Crippen LogP contribution in [0, 0.1) is 0 Å². The van der Waals surface area contributed by atoms with Crippen molar-refractivity contribution in [3.05, 3.63) is 16.0 Å². The summed E-state index contributed by atoms with van der Waals surface area (Å²) in [6.45, 7) is 2.79. The number of halogens is 2. The minimum absolute atomic E-state index is 0.256. The fraction of sp³-hybridized carbons (Fsp3) is 0.600. The molecule has 0 bridgehead atoms. The summed E-state index contributed by atoms with van der Waals surface area (Å²) in [4.78, 5) is 8.00. The van der Waals surface area contributed by atoms with Crippen molar-refractivity contribution < 1.29 is 4.74 Å². The molecule has 1 fully saturated rings. The maximum absolute atomic E-state index is 5.73. The van der Waals surface area contributed by atoms with Crippen LogP contribution in [0.5, 0.6) is 0 Å². The third kappa shape index (κ3) is 2.84. The minimum Gasteiger partial charge on any atom is -0.378 e. The highest BCUT2D eigenvalue weighted by atomic mass is 79.9. The molecule has 1 aromatic rings. The zero-order chi connectivity index (χ0) is 11.5. The molecule has 1 aliphatic rings. The summed E-state index contributed by atoms with van der Waals surface area (Å²) in [5, 5.41) is 3.57. The Kier molecular flexibility index (Phi) is 4.00. The molecule has 0 saturated heterocycles. The molecule has 2 rings (SSSR count). The number of nitrogens with zero attached hydrogens (tertiary/aromatic N) is 2. The van der Waals surface area contributed by atoms with Crippen molar-refractivity contribution in [1.82, 2.24) is 9.97 Å². The second-order valence-corrected chi connectivity index (χ2v) is 4.92. The Bertz CT molecular complexity index is 371. The smallest absolute Gasteiger partial charge is 0.224 e. The first-order valence-electron chi connectivity index (χ1n) is 5.25. The third-order valence-corrected chi connectivity index (χ3v) is 3.32. The van der Waals surface area contributed by atoms with Crippen LogP contribution in [0.4, 0.5) is 5.82 Å². The topological polar surface area (TPSA) is 47.0 Å². The van der Waals surface area contributed by atoms with Crippen LogP contribution >= 0.6 is 27.5 Å². The monoisotopic (exact) mass is 305 g/mol. The van der Waals surface area contributed by atoms with E-state index in [2.05, 4.69) is 31.2 Å². The van der Waals surface area contributed by atoms with Crippen molar-refractivity contribution in [2.45, 2.75) is 31.9 Å². The summed E-state index contributed by atoms with van der Waals surface area (Å²) < 4.78 is 6.32. The maximum Gasteiger partial charge on any atom is 0.224 e. The van der Waals surface area contributed by atoms with E-state index in [1.54, 1.807) is 6.20 Å². The normalized spacial score (nSPS) is 23.9. The van der Waals surface area contributed by atoms with Crippen LogP contribution in [-0.2, 0) is 4.74 Å². The van der Waals surface area contributed by atoms with Gasteiger partial charge < -0.3 is 10.1 Å². The van der Waals surface area contributed by atoms with Crippen molar-refractivity contribution in [2.75, 3.05) is 11.9 Å². The Morgan fingerprint density at radius 2 is 2.38 bits per heavy atom. The Morgan fingerprint density at radius 3 is 3.06 bits per heavy atom. The summed E-state index contributed by atoms with van der Waals surface area (Å²) in [5.74, 6) is 0.750. The summed E-state index contributed by atoms with van der Waals surface area (Å²) in [6.07, 6.45) is 4.07. The van der Waals surface area contributed by atoms with E-state index in [9.17, 15) is 0 Å². The number of hydrogen-bond donors (Lipinski definition) is 1. The Balaban J connectivity index is 1.89. The van der Waals surface area contributed by atoms with Crippen molar-refractivity contribution in [3.63, 3.8) is 0 Å². The van der Waals surface area contributed by atoms with Gasteiger partial charge in [-0.3, -0.25) is 0 Å². The molecule has 0 radical (unpaired) electrons. The van der Waals surface area contributed by atoms with Gasteiger partial charge in [-0.05, 0) is 47.3 Å². The van der Waals surface area contributed by atoms with E-state index in [4.69, 9.17) is 16.3 Å². The molecule has 0 amide bonds. The van der Waals surface area contributed by atoms with Gasteiger partial charge in [-0.25, -0.2) is 4.98 Å². The van der Waals surface area contributed by atoms with E-state index in [0.717, 1.165) is 29.7 Å². The van der Waals surface area contributed by atoms with Crippen molar-refractivity contribution in [1.29, 1.82) is 0 Å². The zero-order valence-electron chi connectivity index (χ0n) is 8.91. The average molecular weight is 307 g/mol. The van der Waals surface area contributed by atoms with Gasteiger partial charge in [-0.15, -0.1) is 0 Å². The predicted octanol–water partition coefficient (Wildman–Crippen LogP) is 2.87. The molecule has 0 aromatic carbocycles. The Morgan fingerprint density at radius 1 is 1.62 bits per heavy atom. The molecule has 1 heterocycles. The lowest BCUT2D eigenvalue weighted by atomic mass is 9.89. The summed E-state index contributed by atoms with van der Waals surface area (Å²) >= 11 is 9.11. The van der Waals surface area contributed by atoms with Crippen LogP contribution in [0.2, 0.25) is 5.28 Å². The quantitative estimate of drug-likeness (QED) is 0.869. The van der Waals surface area contributed by atoms with Crippen LogP contribution in [0.1, 0.15) is 19.8 Å². The van der Waals surface area contributed by atoms with Gasteiger partial charge in [0.25, 0.3) is 0 Å². The number of rotatable bonds is 4.